The van der Waals surface area contributed by atoms with Gasteiger partial charge >= 0.3 is 6.09 Å². The number of ketones is 1. The van der Waals surface area contributed by atoms with E-state index >= 15 is 0 Å². The highest BCUT2D eigenvalue weighted by atomic mass is 19.1. The molecule has 10 heteroatoms. The van der Waals surface area contributed by atoms with Crippen LogP contribution in [-0.2, 0) is 22.6 Å². The molecule has 0 spiro atoms. The van der Waals surface area contributed by atoms with E-state index in [4.69, 9.17) is 15.0 Å². The second-order valence-corrected chi connectivity index (χ2v) is 8.50. The summed E-state index contributed by atoms with van der Waals surface area (Å²) >= 11 is 0. The van der Waals surface area contributed by atoms with Crippen molar-refractivity contribution in [2.45, 2.75) is 39.0 Å². The first-order valence-corrected chi connectivity index (χ1v) is 11.2. The Hall–Kier alpha value is -2.95. The number of furan rings is 1. The van der Waals surface area contributed by atoms with Gasteiger partial charge in [0.05, 0.1) is 31.0 Å². The predicted octanol–water partition coefficient (Wildman–Crippen LogP) is 2.40. The van der Waals surface area contributed by atoms with Gasteiger partial charge in [0.15, 0.2) is 0 Å². The van der Waals surface area contributed by atoms with Crippen LogP contribution in [0, 0.1) is 5.82 Å². The van der Waals surface area contributed by atoms with Crippen molar-refractivity contribution in [1.29, 1.82) is 0 Å². The Kier molecular flexibility index (Phi) is 7.26. The Bertz CT molecular complexity index is 989. The van der Waals surface area contributed by atoms with E-state index in [1.807, 2.05) is 17.0 Å². The Morgan fingerprint density at radius 3 is 2.64 bits per heavy atom. The maximum absolute atomic E-state index is 15.0. The van der Waals surface area contributed by atoms with Crippen molar-refractivity contribution >= 4 is 23.3 Å². The summed E-state index contributed by atoms with van der Waals surface area (Å²) < 4.78 is 26.0. The quantitative estimate of drug-likeness (QED) is 0.435. The number of carbonyl (C=O) groups is 2. The van der Waals surface area contributed by atoms with E-state index in [-0.39, 0.29) is 17.7 Å². The summed E-state index contributed by atoms with van der Waals surface area (Å²) in [6.07, 6.45) is -0.0236. The monoisotopic (exact) mass is 459 g/mol. The lowest BCUT2D eigenvalue weighted by atomic mass is 10.1. The van der Waals surface area contributed by atoms with Crippen LogP contribution in [0.2, 0.25) is 0 Å². The molecule has 4 rings (SSSR count). The van der Waals surface area contributed by atoms with Gasteiger partial charge in [-0.05, 0) is 43.7 Å². The third kappa shape index (κ3) is 5.70. The number of cyclic esters (lactones) is 1. The molecule has 1 aromatic heterocycles. The highest BCUT2D eigenvalue weighted by Crippen LogP contribution is 2.29. The Morgan fingerprint density at radius 2 is 1.94 bits per heavy atom. The maximum Gasteiger partial charge on any atom is 0.414 e. The summed E-state index contributed by atoms with van der Waals surface area (Å²) in [5, 5.41) is 0. The van der Waals surface area contributed by atoms with Crippen LogP contribution in [-0.4, -0.2) is 55.6 Å². The summed E-state index contributed by atoms with van der Waals surface area (Å²) in [5.41, 5.74) is 3.56. The molecule has 1 atom stereocenters. The van der Waals surface area contributed by atoms with E-state index in [1.54, 1.807) is 12.1 Å². The number of nitrogens with one attached hydrogen (secondary N) is 1. The zero-order valence-corrected chi connectivity index (χ0v) is 18.8. The molecule has 2 aromatic rings. The molecule has 0 aliphatic carbocycles. The van der Waals surface area contributed by atoms with Gasteiger partial charge in [-0.3, -0.25) is 21.1 Å². The van der Waals surface area contributed by atoms with E-state index in [0.717, 1.165) is 24.6 Å². The van der Waals surface area contributed by atoms with Crippen LogP contribution in [0.15, 0.2) is 34.7 Å². The number of halogens is 1. The Morgan fingerprint density at radius 1 is 1.18 bits per heavy atom. The third-order valence-electron chi connectivity index (χ3n) is 6.02. The third-order valence-corrected chi connectivity index (χ3v) is 6.02. The van der Waals surface area contributed by atoms with Crippen molar-refractivity contribution < 1.29 is 23.1 Å². The fourth-order valence-electron chi connectivity index (χ4n) is 4.24. The maximum atomic E-state index is 15.0. The number of nitrogens with two attached hydrogens (primary N) is 1. The number of ether oxygens (including phenoxy) is 1. The zero-order chi connectivity index (χ0) is 23.4. The number of carbonyl (C=O) groups excluding carboxylic acids is 2. The topological polar surface area (TPSA) is 104 Å². The van der Waals surface area contributed by atoms with Gasteiger partial charge < -0.3 is 18.8 Å². The van der Waals surface area contributed by atoms with Gasteiger partial charge in [-0.15, -0.1) is 0 Å². The van der Waals surface area contributed by atoms with Gasteiger partial charge in [-0.1, -0.05) is 0 Å². The molecule has 0 saturated carbocycles. The molecule has 2 fully saturated rings. The molecule has 2 aliphatic heterocycles. The lowest BCUT2D eigenvalue weighted by Gasteiger charge is -2.36. The molecule has 9 nitrogen and oxygen atoms in total. The first-order chi connectivity index (χ1) is 15.9. The first-order valence-electron chi connectivity index (χ1n) is 11.2. The summed E-state index contributed by atoms with van der Waals surface area (Å²) in [4.78, 5) is 29.1. The normalized spacial score (nSPS) is 19.2. The average molecular weight is 460 g/mol. The average Bonchev–Trinajstić information content (AvgIpc) is 3.39. The van der Waals surface area contributed by atoms with Crippen molar-refractivity contribution in [3.63, 3.8) is 0 Å². The smallest absolute Gasteiger partial charge is 0.414 e. The minimum absolute atomic E-state index is 0.0535. The second kappa shape index (κ2) is 10.3. The van der Waals surface area contributed by atoms with Gasteiger partial charge in [0.1, 0.15) is 29.2 Å². The van der Waals surface area contributed by atoms with Gasteiger partial charge in [-0.2, -0.15) is 0 Å². The van der Waals surface area contributed by atoms with Gasteiger partial charge in [0.2, 0.25) is 0 Å². The Labute approximate surface area is 192 Å². The predicted molar refractivity (Wildman–Crippen MR) is 121 cm³/mol. The fraction of sp³-hybridized carbons (Fsp3) is 0.478. The number of amides is 1. The summed E-state index contributed by atoms with van der Waals surface area (Å²) in [6, 6.07) is 8.70. The number of hydrazine groups is 1. The van der Waals surface area contributed by atoms with E-state index in [0.29, 0.717) is 56.9 Å². The van der Waals surface area contributed by atoms with Crippen LogP contribution >= 0.6 is 0 Å². The lowest BCUT2D eigenvalue weighted by Crippen LogP contribution is -2.46. The van der Waals surface area contributed by atoms with Crippen LogP contribution in [0.3, 0.4) is 0 Å². The van der Waals surface area contributed by atoms with Crippen molar-refractivity contribution in [2.75, 3.05) is 42.5 Å². The number of hydrogen-bond acceptors (Lipinski definition) is 8. The molecule has 3 heterocycles. The minimum Gasteiger partial charge on any atom is -0.463 e. The molecule has 0 unspecified atom stereocenters. The standard InChI is InChI=1S/C23H30FN5O4/c1-16(30)2-4-20-15-29(23(31)33-20)17-3-7-22(21(24)12-17)28-10-8-27(9-11-28)14-19-6-5-18(32-19)13-26-25/h3,5-7,12,20,26H,2,4,8-11,13-15,25H2,1H3/t20-/m0/s1. The highest BCUT2D eigenvalue weighted by Gasteiger charge is 2.33. The number of nitrogens with zero attached hydrogens (tertiary/aromatic N) is 3. The summed E-state index contributed by atoms with van der Waals surface area (Å²) in [6.45, 7) is 5.94. The van der Waals surface area contributed by atoms with Gasteiger partial charge in [0.25, 0.3) is 0 Å². The SMILES string of the molecule is CC(=O)CC[C@H]1CN(c2ccc(N3CCN(Cc4ccc(CNN)o4)CC3)c(F)c2)C(=O)O1. The largest absolute Gasteiger partial charge is 0.463 e. The highest BCUT2D eigenvalue weighted by molar-refractivity contribution is 5.90. The number of anilines is 2. The molecule has 1 amide bonds. The molecule has 178 valence electrons. The van der Waals surface area contributed by atoms with Crippen LogP contribution < -0.4 is 21.1 Å². The van der Waals surface area contributed by atoms with Crippen LogP contribution in [0.25, 0.3) is 0 Å². The molecule has 2 saturated heterocycles. The van der Waals surface area contributed by atoms with Gasteiger partial charge in [-0.25, -0.2) is 9.18 Å². The van der Waals surface area contributed by atoms with Crippen molar-refractivity contribution in [2.24, 2.45) is 5.84 Å². The number of hydrogen-bond donors (Lipinski definition) is 2. The van der Waals surface area contributed by atoms with E-state index in [1.165, 1.54) is 17.9 Å². The van der Waals surface area contributed by atoms with Gasteiger partial charge in [0, 0.05) is 32.6 Å². The molecule has 0 bridgehead atoms. The van der Waals surface area contributed by atoms with Crippen molar-refractivity contribution in [3.05, 3.63) is 47.7 Å². The van der Waals surface area contributed by atoms with E-state index < -0.39 is 6.09 Å². The van der Waals surface area contributed by atoms with E-state index in [2.05, 4.69) is 10.3 Å². The fourth-order valence-corrected chi connectivity index (χ4v) is 4.24. The minimum atomic E-state index is -0.507. The number of Topliss-reactive ketones (excluding diaryl/α,β-unsaturated/α-hetero) is 1. The number of rotatable bonds is 9. The molecular weight excluding hydrogens is 429 g/mol. The van der Waals surface area contributed by atoms with Crippen LogP contribution in [0.1, 0.15) is 31.3 Å². The molecule has 2 aliphatic rings. The van der Waals surface area contributed by atoms with E-state index in [9.17, 15) is 14.0 Å². The Balaban J connectivity index is 1.32. The van der Waals surface area contributed by atoms with Crippen molar-refractivity contribution in [3.8, 4) is 0 Å². The molecule has 33 heavy (non-hydrogen) atoms. The first kappa shape index (κ1) is 23.2. The lowest BCUT2D eigenvalue weighted by molar-refractivity contribution is -0.117. The summed E-state index contributed by atoms with van der Waals surface area (Å²) in [5.74, 6) is 6.68. The zero-order valence-electron chi connectivity index (χ0n) is 18.8. The number of benzene rings is 1. The molecule has 1 aromatic carbocycles. The molecular formula is C23H30FN5O4. The molecule has 3 N–H and O–H groups in total. The summed E-state index contributed by atoms with van der Waals surface area (Å²) in [7, 11) is 0. The molecule has 0 radical (unpaired) electrons. The van der Waals surface area contributed by atoms with Crippen LogP contribution in [0.5, 0.6) is 0 Å². The number of piperazine rings is 1. The van der Waals surface area contributed by atoms with Crippen LogP contribution in [0.4, 0.5) is 20.6 Å². The second-order valence-electron chi connectivity index (χ2n) is 8.50. The van der Waals surface area contributed by atoms with Crippen molar-refractivity contribution in [1.82, 2.24) is 10.3 Å².